The normalized spacial score (nSPS) is 11.9. The number of carbonyl (C=O) groups is 1. The number of aliphatic carboxylic acids is 1. The summed E-state index contributed by atoms with van der Waals surface area (Å²) in [7, 11) is -2.27. The number of rotatable bonds is 6. The molecule has 0 aromatic carbocycles. The third-order valence-corrected chi connectivity index (χ3v) is 4.87. The topological polar surface area (TPSA) is 105 Å². The lowest BCUT2D eigenvalue weighted by atomic mass is 10.5. The van der Waals surface area contributed by atoms with E-state index in [0.29, 0.717) is 5.69 Å². The fourth-order valence-electron chi connectivity index (χ4n) is 1.51. The maximum atomic E-state index is 12.3. The van der Waals surface area contributed by atoms with E-state index in [-0.39, 0.29) is 18.0 Å². The molecule has 0 spiro atoms. The molecule has 2 rings (SSSR count). The van der Waals surface area contributed by atoms with Gasteiger partial charge in [-0.05, 0) is 0 Å². The second-order valence-corrected chi connectivity index (χ2v) is 6.77. The second-order valence-electron chi connectivity index (χ2n) is 4.01. The van der Waals surface area contributed by atoms with Crippen LogP contribution in [0.4, 0.5) is 0 Å². The van der Waals surface area contributed by atoms with Gasteiger partial charge in [-0.25, -0.2) is 13.4 Å². The van der Waals surface area contributed by atoms with E-state index < -0.39 is 16.0 Å². The van der Waals surface area contributed by atoms with Crippen molar-refractivity contribution in [2.75, 3.05) is 7.05 Å². The molecule has 10 heteroatoms. The molecule has 20 heavy (non-hydrogen) atoms. The predicted octanol–water partition coefficient (Wildman–Crippen LogP) is 0.245. The number of thiazole rings is 1. The Bertz CT molecular complexity index is 693. The number of nitrogens with zero attached hydrogens (tertiary/aromatic N) is 4. The van der Waals surface area contributed by atoms with Crippen LogP contribution in [-0.4, -0.2) is 45.6 Å². The molecule has 108 valence electrons. The fourth-order valence-corrected chi connectivity index (χ4v) is 3.16. The molecule has 0 unspecified atom stereocenters. The van der Waals surface area contributed by atoms with Gasteiger partial charge in [0.2, 0.25) is 10.0 Å². The van der Waals surface area contributed by atoms with E-state index in [9.17, 15) is 13.2 Å². The Balaban J connectivity index is 2.16. The zero-order valence-corrected chi connectivity index (χ0v) is 12.1. The minimum atomic E-state index is -3.71. The van der Waals surface area contributed by atoms with Crippen molar-refractivity contribution in [1.29, 1.82) is 0 Å². The van der Waals surface area contributed by atoms with Crippen molar-refractivity contribution in [3.8, 4) is 0 Å². The SMILES string of the molecule is CN(Cc1cscn1)S(=O)(=O)c1cnn(CC(=O)O)c1. The van der Waals surface area contributed by atoms with E-state index in [1.54, 1.807) is 10.9 Å². The van der Waals surface area contributed by atoms with Crippen LogP contribution in [0, 0.1) is 0 Å². The van der Waals surface area contributed by atoms with Gasteiger partial charge in [0, 0.05) is 18.6 Å². The Labute approximate surface area is 119 Å². The quantitative estimate of drug-likeness (QED) is 0.818. The number of hydrogen-bond donors (Lipinski definition) is 1. The van der Waals surface area contributed by atoms with Crippen LogP contribution in [0.5, 0.6) is 0 Å². The van der Waals surface area contributed by atoms with E-state index in [1.165, 1.54) is 24.6 Å². The Morgan fingerprint density at radius 3 is 2.90 bits per heavy atom. The van der Waals surface area contributed by atoms with Crippen molar-refractivity contribution in [3.63, 3.8) is 0 Å². The summed E-state index contributed by atoms with van der Waals surface area (Å²) in [6.07, 6.45) is 2.33. The Morgan fingerprint density at radius 1 is 1.55 bits per heavy atom. The molecule has 2 aromatic rings. The van der Waals surface area contributed by atoms with E-state index in [0.717, 1.165) is 15.2 Å². The van der Waals surface area contributed by atoms with Crippen LogP contribution in [0.15, 0.2) is 28.2 Å². The summed E-state index contributed by atoms with van der Waals surface area (Å²) in [6, 6.07) is 0. The third-order valence-electron chi connectivity index (χ3n) is 2.48. The lowest BCUT2D eigenvalue weighted by Gasteiger charge is -2.14. The van der Waals surface area contributed by atoms with Gasteiger partial charge >= 0.3 is 5.97 Å². The van der Waals surface area contributed by atoms with Crippen LogP contribution >= 0.6 is 11.3 Å². The molecular weight excluding hydrogens is 304 g/mol. The van der Waals surface area contributed by atoms with Gasteiger partial charge in [-0.2, -0.15) is 9.40 Å². The average Bonchev–Trinajstić information content (AvgIpc) is 2.99. The Hall–Kier alpha value is -1.78. The molecule has 0 amide bonds. The van der Waals surface area contributed by atoms with Gasteiger partial charge in [0.1, 0.15) is 11.4 Å². The summed E-state index contributed by atoms with van der Waals surface area (Å²) in [6.45, 7) is -0.235. The van der Waals surface area contributed by atoms with Gasteiger partial charge in [0.15, 0.2) is 0 Å². The highest BCUT2D eigenvalue weighted by Crippen LogP contribution is 2.16. The zero-order valence-electron chi connectivity index (χ0n) is 10.5. The molecule has 2 aromatic heterocycles. The molecule has 0 bridgehead atoms. The highest BCUT2D eigenvalue weighted by Gasteiger charge is 2.23. The van der Waals surface area contributed by atoms with Gasteiger partial charge in [0.25, 0.3) is 0 Å². The first-order chi connectivity index (χ1) is 9.39. The lowest BCUT2D eigenvalue weighted by molar-refractivity contribution is -0.137. The Morgan fingerprint density at radius 2 is 2.30 bits per heavy atom. The number of hydrogen-bond acceptors (Lipinski definition) is 6. The van der Waals surface area contributed by atoms with Gasteiger partial charge in [-0.3, -0.25) is 9.48 Å². The third kappa shape index (κ3) is 3.21. The maximum Gasteiger partial charge on any atom is 0.325 e. The van der Waals surface area contributed by atoms with Gasteiger partial charge in [0.05, 0.1) is 23.9 Å². The molecule has 0 atom stereocenters. The Kier molecular flexibility index (Phi) is 4.16. The molecular formula is C10H12N4O4S2. The van der Waals surface area contributed by atoms with E-state index in [2.05, 4.69) is 10.1 Å². The summed E-state index contributed by atoms with van der Waals surface area (Å²) < 4.78 is 26.7. The smallest absolute Gasteiger partial charge is 0.325 e. The highest BCUT2D eigenvalue weighted by molar-refractivity contribution is 7.89. The number of sulfonamides is 1. The molecule has 0 aliphatic heterocycles. The fraction of sp³-hybridized carbons (Fsp3) is 0.300. The summed E-state index contributed by atoms with van der Waals surface area (Å²) in [4.78, 5) is 14.5. The minimum Gasteiger partial charge on any atom is -0.480 e. The maximum absolute atomic E-state index is 12.3. The first kappa shape index (κ1) is 14.6. The number of carboxylic acids is 1. The van der Waals surface area contributed by atoms with Crippen LogP contribution in [0.25, 0.3) is 0 Å². The summed E-state index contributed by atoms with van der Waals surface area (Å²) in [5.41, 5.74) is 2.28. The van der Waals surface area contributed by atoms with Crippen molar-refractivity contribution in [2.24, 2.45) is 0 Å². The van der Waals surface area contributed by atoms with Crippen molar-refractivity contribution < 1.29 is 18.3 Å². The first-order valence-electron chi connectivity index (χ1n) is 5.47. The number of carboxylic acid groups (broad SMARTS) is 1. The first-order valence-corrected chi connectivity index (χ1v) is 7.85. The van der Waals surface area contributed by atoms with Crippen LogP contribution in [-0.2, 0) is 27.9 Å². The summed E-state index contributed by atoms with van der Waals surface area (Å²) >= 11 is 1.38. The zero-order chi connectivity index (χ0) is 14.8. The van der Waals surface area contributed by atoms with Crippen molar-refractivity contribution in [1.82, 2.24) is 19.1 Å². The van der Waals surface area contributed by atoms with Crippen LogP contribution < -0.4 is 0 Å². The molecule has 0 saturated heterocycles. The van der Waals surface area contributed by atoms with Gasteiger partial charge < -0.3 is 5.11 Å². The van der Waals surface area contributed by atoms with Crippen molar-refractivity contribution >= 4 is 27.3 Å². The molecule has 0 radical (unpaired) electrons. The lowest BCUT2D eigenvalue weighted by Crippen LogP contribution is -2.26. The molecule has 2 heterocycles. The van der Waals surface area contributed by atoms with E-state index in [4.69, 9.17) is 5.11 Å². The largest absolute Gasteiger partial charge is 0.480 e. The average molecular weight is 316 g/mol. The highest BCUT2D eigenvalue weighted by atomic mass is 32.2. The molecule has 8 nitrogen and oxygen atoms in total. The number of aromatic nitrogens is 3. The van der Waals surface area contributed by atoms with Gasteiger partial charge in [-0.1, -0.05) is 0 Å². The molecule has 0 aliphatic rings. The molecule has 0 fully saturated rings. The van der Waals surface area contributed by atoms with E-state index >= 15 is 0 Å². The minimum absolute atomic E-state index is 0.0449. The molecule has 0 aliphatic carbocycles. The summed E-state index contributed by atoms with van der Waals surface area (Å²) in [5.74, 6) is -1.09. The van der Waals surface area contributed by atoms with E-state index in [1.807, 2.05) is 0 Å². The van der Waals surface area contributed by atoms with Gasteiger partial charge in [-0.15, -0.1) is 11.3 Å². The van der Waals surface area contributed by atoms with Crippen molar-refractivity contribution in [3.05, 3.63) is 29.0 Å². The summed E-state index contributed by atoms with van der Waals surface area (Å²) in [5, 5.41) is 14.1. The standard InChI is InChI=1S/C10H12N4O4S2/c1-13(3-8-6-19-7-11-8)20(17,18)9-2-12-14(4-9)5-10(15)16/h2,4,6-7H,3,5H2,1H3,(H,15,16). The second kappa shape index (κ2) is 5.69. The molecule has 0 saturated carbocycles. The van der Waals surface area contributed by atoms with Crippen LogP contribution in [0.3, 0.4) is 0 Å². The predicted molar refractivity (Wildman–Crippen MR) is 70.6 cm³/mol. The monoisotopic (exact) mass is 316 g/mol. The van der Waals surface area contributed by atoms with Crippen molar-refractivity contribution in [2.45, 2.75) is 18.0 Å². The molecule has 1 N–H and O–H groups in total. The van der Waals surface area contributed by atoms with Crippen LogP contribution in [0.1, 0.15) is 5.69 Å². The van der Waals surface area contributed by atoms with Crippen LogP contribution in [0.2, 0.25) is 0 Å².